The molecule has 1 N–H and O–H groups in total. The van der Waals surface area contributed by atoms with Crippen molar-refractivity contribution in [3.05, 3.63) is 0 Å². The number of hydrogen-bond acceptors (Lipinski definition) is 4. The summed E-state index contributed by atoms with van der Waals surface area (Å²) in [6, 6.07) is 0. The van der Waals surface area contributed by atoms with Crippen molar-refractivity contribution in [1.82, 2.24) is 0 Å². The minimum atomic E-state index is -3.72. The Hall–Kier alpha value is 0.440. The van der Waals surface area contributed by atoms with Crippen LogP contribution < -0.4 is 0 Å². The van der Waals surface area contributed by atoms with Crippen LogP contribution >= 0.6 is 21.4 Å². The second kappa shape index (κ2) is 6.01. The zero-order valence-electron chi connectivity index (χ0n) is 4.65. The molecule has 0 atom stereocenters. The predicted molar refractivity (Wildman–Crippen MR) is 44.8 cm³/mol. The summed E-state index contributed by atoms with van der Waals surface area (Å²) >= 11 is 0. The van der Waals surface area contributed by atoms with Crippen LogP contribution in [0.5, 0.6) is 0 Å². The first-order valence-electron chi connectivity index (χ1n) is 1.57. The fourth-order valence-electron chi connectivity index (χ4n) is 0. The molecule has 0 spiro atoms. The van der Waals surface area contributed by atoms with Crippen LogP contribution in [0.15, 0.2) is 0 Å². The van der Waals surface area contributed by atoms with Crippen LogP contribution in [0.4, 0.5) is 0 Å². The molecular formula is C2H8Cl2O5S2. The summed E-state index contributed by atoms with van der Waals surface area (Å²) in [5.41, 5.74) is 0. The summed E-state index contributed by atoms with van der Waals surface area (Å²) in [6.07, 6.45) is 0.715. The van der Waals surface area contributed by atoms with Crippen molar-refractivity contribution in [2.24, 2.45) is 0 Å². The lowest BCUT2D eigenvalue weighted by Crippen LogP contribution is -1.88. The van der Waals surface area contributed by atoms with Gasteiger partial charge in [-0.1, -0.05) is 7.43 Å². The largest absolute Gasteiger partial charge is 0.317 e. The highest BCUT2D eigenvalue weighted by Crippen LogP contribution is 1.98. The highest BCUT2D eigenvalue weighted by molar-refractivity contribution is 8.31. The molecule has 0 aromatic heterocycles. The number of halogens is 2. The van der Waals surface area contributed by atoms with E-state index >= 15 is 0 Å². The monoisotopic (exact) mass is 246 g/mol. The Morgan fingerprint density at radius 2 is 1.09 bits per heavy atom. The van der Waals surface area contributed by atoms with Crippen LogP contribution in [0.1, 0.15) is 7.43 Å². The molecule has 0 aliphatic heterocycles. The first-order chi connectivity index (χ1) is 4.00. The third-order valence-corrected chi connectivity index (χ3v) is 0. The Bertz CT molecular complexity index is 217. The van der Waals surface area contributed by atoms with Crippen LogP contribution in [0.3, 0.4) is 0 Å². The van der Waals surface area contributed by atoms with Gasteiger partial charge in [0.1, 0.15) is 0 Å². The fraction of sp³-hybridized carbons (Fsp3) is 1.00. The van der Waals surface area contributed by atoms with E-state index in [0.29, 0.717) is 6.26 Å². The molecule has 0 saturated heterocycles. The normalized spacial score (nSPS) is 10.5. The Kier molecular flexibility index (Phi) is 9.57. The summed E-state index contributed by atoms with van der Waals surface area (Å²) in [5.74, 6) is 0. The zero-order valence-corrected chi connectivity index (χ0v) is 7.80. The third kappa shape index (κ3) is 3840. The average molecular weight is 247 g/mol. The third-order valence-electron chi connectivity index (χ3n) is 0. The van der Waals surface area contributed by atoms with Crippen LogP contribution in [0.25, 0.3) is 0 Å². The van der Waals surface area contributed by atoms with Crippen molar-refractivity contribution in [3.63, 3.8) is 0 Å². The lowest BCUT2D eigenvalue weighted by molar-refractivity contribution is 0.490. The van der Waals surface area contributed by atoms with Gasteiger partial charge in [-0.3, -0.25) is 4.55 Å². The number of rotatable bonds is 0. The van der Waals surface area contributed by atoms with Crippen molar-refractivity contribution in [2.75, 3.05) is 6.26 Å². The van der Waals surface area contributed by atoms with E-state index in [1.54, 1.807) is 0 Å². The van der Waals surface area contributed by atoms with Crippen LogP contribution in [-0.4, -0.2) is 27.6 Å². The molecular weight excluding hydrogens is 239 g/mol. The summed E-state index contributed by atoms with van der Waals surface area (Å²) in [5, 5.41) is 0. The van der Waals surface area contributed by atoms with E-state index in [1.165, 1.54) is 0 Å². The van der Waals surface area contributed by atoms with Gasteiger partial charge in [-0.05, 0) is 0 Å². The highest BCUT2D eigenvalue weighted by Gasteiger charge is 1.88. The van der Waals surface area contributed by atoms with Crippen LogP contribution in [0, 0.1) is 0 Å². The molecule has 5 nitrogen and oxygen atoms in total. The van der Waals surface area contributed by atoms with E-state index in [2.05, 4.69) is 21.4 Å². The molecule has 0 aromatic carbocycles. The first kappa shape index (κ1) is 17.5. The van der Waals surface area contributed by atoms with Gasteiger partial charge in [0.25, 0.3) is 10.1 Å². The van der Waals surface area contributed by atoms with E-state index in [9.17, 15) is 8.42 Å². The lowest BCUT2D eigenvalue weighted by atomic mass is 12.0. The molecule has 72 valence electrons. The van der Waals surface area contributed by atoms with Gasteiger partial charge in [-0.15, -0.1) is 0 Å². The molecule has 0 aliphatic rings. The molecule has 11 heavy (non-hydrogen) atoms. The molecule has 0 bridgehead atoms. The SMILES string of the molecule is C.CS(=O)(=O)O.O=S(=O)(Cl)Cl. The van der Waals surface area contributed by atoms with Gasteiger partial charge in [-0.2, -0.15) is 16.8 Å². The maximum absolute atomic E-state index is 9.19. The molecule has 9 heteroatoms. The number of hydrogen-bond donors (Lipinski definition) is 1. The van der Waals surface area contributed by atoms with Crippen molar-refractivity contribution < 1.29 is 21.4 Å². The fourth-order valence-corrected chi connectivity index (χ4v) is 0. The second-order valence-electron chi connectivity index (χ2n) is 1.11. The molecule has 0 amide bonds. The van der Waals surface area contributed by atoms with Gasteiger partial charge >= 0.3 is 8.26 Å². The van der Waals surface area contributed by atoms with Gasteiger partial charge in [0.05, 0.1) is 6.26 Å². The summed E-state index contributed by atoms with van der Waals surface area (Å²) in [7, 11) is 1.15. The van der Waals surface area contributed by atoms with Gasteiger partial charge < -0.3 is 0 Å². The summed E-state index contributed by atoms with van der Waals surface area (Å²) in [4.78, 5) is 0. The van der Waals surface area contributed by atoms with Crippen molar-refractivity contribution in [3.8, 4) is 0 Å². The molecule has 0 fully saturated rings. The van der Waals surface area contributed by atoms with Gasteiger partial charge in [0.2, 0.25) is 0 Å². The standard InChI is InChI=1S/CH4O3S.CH4.Cl2O2S/c1-5(2,3)4;;1-5(2,3)4/h1H3,(H,2,3,4);1H4;. The van der Waals surface area contributed by atoms with E-state index in [-0.39, 0.29) is 7.43 Å². The zero-order chi connectivity index (χ0) is 9.00. The predicted octanol–water partition coefficient (Wildman–Crippen LogP) is 0.849. The Labute approximate surface area is 75.0 Å². The first-order valence-corrected chi connectivity index (χ1v) is 6.55. The smallest absolute Gasteiger partial charge is 0.286 e. The molecule has 0 saturated carbocycles. The Morgan fingerprint density at radius 3 is 1.09 bits per heavy atom. The minimum Gasteiger partial charge on any atom is -0.286 e. The highest BCUT2D eigenvalue weighted by atomic mass is 36.0. The summed E-state index contributed by atoms with van der Waals surface area (Å²) in [6.45, 7) is 0. The van der Waals surface area contributed by atoms with E-state index in [0.717, 1.165) is 0 Å². The molecule has 0 heterocycles. The Balaban J connectivity index is -0.000000107. The van der Waals surface area contributed by atoms with E-state index in [4.69, 9.17) is 13.0 Å². The van der Waals surface area contributed by atoms with Crippen molar-refractivity contribution in [1.29, 1.82) is 0 Å². The molecule has 0 rings (SSSR count). The van der Waals surface area contributed by atoms with Crippen LogP contribution in [-0.2, 0) is 18.4 Å². The maximum Gasteiger partial charge on any atom is 0.317 e. The molecule has 0 aromatic rings. The minimum absolute atomic E-state index is 0. The molecule has 0 aliphatic carbocycles. The van der Waals surface area contributed by atoms with E-state index in [1.807, 2.05) is 0 Å². The molecule has 0 unspecified atom stereocenters. The topological polar surface area (TPSA) is 88.5 Å². The van der Waals surface area contributed by atoms with Crippen molar-refractivity contribution >= 4 is 39.7 Å². The summed E-state index contributed by atoms with van der Waals surface area (Å²) < 4.78 is 44.2. The molecule has 0 radical (unpaired) electrons. The van der Waals surface area contributed by atoms with Gasteiger partial charge in [0.15, 0.2) is 0 Å². The Morgan fingerprint density at radius 1 is 1.09 bits per heavy atom. The average Bonchev–Trinajstić information content (AvgIpc) is 1.12. The van der Waals surface area contributed by atoms with E-state index < -0.39 is 18.4 Å². The quantitative estimate of drug-likeness (QED) is 0.506. The van der Waals surface area contributed by atoms with Gasteiger partial charge in [-0.25, -0.2) is 0 Å². The van der Waals surface area contributed by atoms with Gasteiger partial charge in [0, 0.05) is 21.4 Å². The lowest BCUT2D eigenvalue weighted by Gasteiger charge is -1.69. The van der Waals surface area contributed by atoms with Crippen molar-refractivity contribution in [2.45, 2.75) is 7.43 Å². The second-order valence-corrected chi connectivity index (χ2v) is 6.25. The van der Waals surface area contributed by atoms with Crippen LogP contribution in [0.2, 0.25) is 0 Å². The maximum atomic E-state index is 9.19.